The van der Waals surface area contributed by atoms with Gasteiger partial charge >= 0.3 is 11.9 Å². The maximum absolute atomic E-state index is 11.7. The molecule has 1 aliphatic heterocycles. The third-order valence-electron chi connectivity index (χ3n) is 2.53. The number of amides is 1. The SMILES string of the molecule is CCOC(=O)C(=O)N(CC)C1CCNC1. The monoisotopic (exact) mass is 214 g/mol. The van der Waals surface area contributed by atoms with Crippen molar-refractivity contribution in [3.63, 3.8) is 0 Å². The lowest BCUT2D eigenvalue weighted by Gasteiger charge is -2.25. The fraction of sp³-hybridized carbons (Fsp3) is 0.800. The Morgan fingerprint density at radius 2 is 2.20 bits per heavy atom. The van der Waals surface area contributed by atoms with E-state index in [1.165, 1.54) is 0 Å². The number of hydrogen-bond acceptors (Lipinski definition) is 4. The predicted octanol–water partition coefficient (Wildman–Crippen LogP) is -0.240. The molecule has 0 aromatic carbocycles. The van der Waals surface area contributed by atoms with Crippen molar-refractivity contribution in [1.82, 2.24) is 10.2 Å². The summed E-state index contributed by atoms with van der Waals surface area (Å²) < 4.78 is 4.70. The molecule has 1 atom stereocenters. The van der Waals surface area contributed by atoms with Crippen LogP contribution in [0.1, 0.15) is 20.3 Å². The van der Waals surface area contributed by atoms with Crippen molar-refractivity contribution in [3.8, 4) is 0 Å². The number of nitrogens with one attached hydrogen (secondary N) is 1. The van der Waals surface area contributed by atoms with Crippen LogP contribution in [0.3, 0.4) is 0 Å². The Morgan fingerprint density at radius 3 is 2.67 bits per heavy atom. The zero-order chi connectivity index (χ0) is 11.3. The fourth-order valence-electron chi connectivity index (χ4n) is 1.78. The lowest BCUT2D eigenvalue weighted by atomic mass is 10.2. The molecule has 0 aromatic heterocycles. The van der Waals surface area contributed by atoms with Gasteiger partial charge in [0.15, 0.2) is 0 Å². The first-order valence-corrected chi connectivity index (χ1v) is 5.39. The van der Waals surface area contributed by atoms with Crippen molar-refractivity contribution in [1.29, 1.82) is 0 Å². The fourth-order valence-corrected chi connectivity index (χ4v) is 1.78. The normalized spacial score (nSPS) is 20.0. The van der Waals surface area contributed by atoms with Crippen LogP contribution in [-0.4, -0.2) is 49.1 Å². The Labute approximate surface area is 89.8 Å². The van der Waals surface area contributed by atoms with Crippen LogP contribution in [-0.2, 0) is 14.3 Å². The highest BCUT2D eigenvalue weighted by Gasteiger charge is 2.29. The van der Waals surface area contributed by atoms with Crippen molar-refractivity contribution in [3.05, 3.63) is 0 Å². The summed E-state index contributed by atoms with van der Waals surface area (Å²) in [5.74, 6) is -1.26. The number of likely N-dealkylation sites (N-methyl/N-ethyl adjacent to an activating group) is 1. The van der Waals surface area contributed by atoms with E-state index in [1.54, 1.807) is 11.8 Å². The van der Waals surface area contributed by atoms with E-state index < -0.39 is 11.9 Å². The Bertz CT molecular complexity index is 237. The van der Waals surface area contributed by atoms with Gasteiger partial charge in [-0.25, -0.2) is 4.79 Å². The molecule has 1 amide bonds. The van der Waals surface area contributed by atoms with Gasteiger partial charge in [-0.3, -0.25) is 4.79 Å². The van der Waals surface area contributed by atoms with Crippen LogP contribution >= 0.6 is 0 Å². The molecule has 0 radical (unpaired) electrons. The molecule has 1 aliphatic rings. The molecular formula is C10H18N2O3. The van der Waals surface area contributed by atoms with Crippen molar-refractivity contribution in [2.45, 2.75) is 26.3 Å². The molecule has 86 valence electrons. The molecule has 1 N–H and O–H groups in total. The number of ether oxygens (including phenoxy) is 1. The van der Waals surface area contributed by atoms with E-state index in [9.17, 15) is 9.59 Å². The van der Waals surface area contributed by atoms with Crippen molar-refractivity contribution >= 4 is 11.9 Å². The van der Waals surface area contributed by atoms with E-state index in [2.05, 4.69) is 5.32 Å². The maximum Gasteiger partial charge on any atom is 0.397 e. The van der Waals surface area contributed by atoms with Crippen LogP contribution in [0, 0.1) is 0 Å². The summed E-state index contributed by atoms with van der Waals surface area (Å²) in [6, 6.07) is 0.131. The summed E-state index contributed by atoms with van der Waals surface area (Å²) >= 11 is 0. The number of esters is 1. The second kappa shape index (κ2) is 5.70. The van der Waals surface area contributed by atoms with E-state index in [4.69, 9.17) is 4.74 Å². The Kier molecular flexibility index (Phi) is 4.55. The number of rotatable bonds is 3. The molecule has 0 aliphatic carbocycles. The van der Waals surface area contributed by atoms with Crippen LogP contribution in [0.25, 0.3) is 0 Å². The van der Waals surface area contributed by atoms with Gasteiger partial charge in [0.2, 0.25) is 0 Å². The van der Waals surface area contributed by atoms with E-state index in [1.807, 2.05) is 6.92 Å². The van der Waals surface area contributed by atoms with Crippen molar-refractivity contribution in [2.24, 2.45) is 0 Å². The Balaban J connectivity index is 2.56. The number of nitrogens with zero attached hydrogens (tertiary/aromatic N) is 1. The zero-order valence-electron chi connectivity index (χ0n) is 9.28. The molecule has 1 rings (SSSR count). The van der Waals surface area contributed by atoms with Crippen molar-refractivity contribution < 1.29 is 14.3 Å². The third-order valence-corrected chi connectivity index (χ3v) is 2.53. The molecule has 0 spiro atoms. The van der Waals surface area contributed by atoms with E-state index in [0.717, 1.165) is 19.5 Å². The molecule has 1 heterocycles. The number of carbonyl (C=O) groups is 2. The van der Waals surface area contributed by atoms with Gasteiger partial charge in [0.1, 0.15) is 0 Å². The lowest BCUT2D eigenvalue weighted by Crippen LogP contribution is -2.45. The summed E-state index contributed by atoms with van der Waals surface area (Å²) in [5.41, 5.74) is 0. The highest BCUT2D eigenvalue weighted by molar-refractivity contribution is 6.32. The maximum atomic E-state index is 11.7. The van der Waals surface area contributed by atoms with Crippen LogP contribution in [0.15, 0.2) is 0 Å². The van der Waals surface area contributed by atoms with Gasteiger partial charge in [-0.1, -0.05) is 0 Å². The average molecular weight is 214 g/mol. The molecule has 0 saturated carbocycles. The minimum atomic E-state index is -0.744. The quantitative estimate of drug-likeness (QED) is 0.520. The average Bonchev–Trinajstić information content (AvgIpc) is 2.72. The smallest absolute Gasteiger partial charge is 0.397 e. The molecular weight excluding hydrogens is 196 g/mol. The summed E-state index contributed by atoms with van der Waals surface area (Å²) in [6.45, 7) is 6.01. The van der Waals surface area contributed by atoms with Gasteiger partial charge in [-0.2, -0.15) is 0 Å². The topological polar surface area (TPSA) is 58.6 Å². The van der Waals surface area contributed by atoms with Crippen molar-refractivity contribution in [2.75, 3.05) is 26.2 Å². The second-order valence-electron chi connectivity index (χ2n) is 3.46. The van der Waals surface area contributed by atoms with E-state index >= 15 is 0 Å². The van der Waals surface area contributed by atoms with Gasteiger partial charge in [0.05, 0.1) is 6.61 Å². The second-order valence-corrected chi connectivity index (χ2v) is 3.46. The number of carbonyl (C=O) groups excluding carboxylic acids is 2. The molecule has 5 nitrogen and oxygen atoms in total. The standard InChI is InChI=1S/C10H18N2O3/c1-3-12(8-5-6-11-7-8)9(13)10(14)15-4-2/h8,11H,3-7H2,1-2H3. The molecule has 0 aromatic rings. The molecule has 1 saturated heterocycles. The molecule has 1 fully saturated rings. The first kappa shape index (κ1) is 12.0. The van der Waals surface area contributed by atoms with Gasteiger partial charge in [-0.15, -0.1) is 0 Å². The first-order valence-electron chi connectivity index (χ1n) is 5.39. The molecule has 15 heavy (non-hydrogen) atoms. The Hall–Kier alpha value is -1.10. The predicted molar refractivity (Wildman–Crippen MR) is 55.3 cm³/mol. The molecule has 5 heteroatoms. The number of hydrogen-bond donors (Lipinski definition) is 1. The van der Waals surface area contributed by atoms with Crippen LogP contribution in [0.5, 0.6) is 0 Å². The van der Waals surface area contributed by atoms with Gasteiger partial charge in [0, 0.05) is 19.1 Å². The third kappa shape index (κ3) is 2.92. The zero-order valence-corrected chi connectivity index (χ0v) is 9.28. The summed E-state index contributed by atoms with van der Waals surface area (Å²) in [6.07, 6.45) is 0.902. The van der Waals surface area contributed by atoms with Crippen LogP contribution in [0.4, 0.5) is 0 Å². The largest absolute Gasteiger partial charge is 0.459 e. The molecule has 0 bridgehead atoms. The van der Waals surface area contributed by atoms with Gasteiger partial charge in [-0.05, 0) is 26.8 Å². The summed E-state index contributed by atoms with van der Waals surface area (Å²) in [7, 11) is 0. The molecule has 1 unspecified atom stereocenters. The van der Waals surface area contributed by atoms with Gasteiger partial charge < -0.3 is 15.0 Å². The van der Waals surface area contributed by atoms with Gasteiger partial charge in [0.25, 0.3) is 0 Å². The first-order chi connectivity index (χ1) is 7.20. The highest BCUT2D eigenvalue weighted by atomic mass is 16.5. The lowest BCUT2D eigenvalue weighted by molar-refractivity contribution is -0.160. The van der Waals surface area contributed by atoms with Crippen LogP contribution in [0.2, 0.25) is 0 Å². The van der Waals surface area contributed by atoms with E-state index in [-0.39, 0.29) is 12.6 Å². The van der Waals surface area contributed by atoms with Crippen LogP contribution < -0.4 is 5.32 Å². The highest BCUT2D eigenvalue weighted by Crippen LogP contribution is 2.08. The Morgan fingerprint density at radius 1 is 1.47 bits per heavy atom. The summed E-state index contributed by atoms with van der Waals surface area (Å²) in [4.78, 5) is 24.5. The minimum Gasteiger partial charge on any atom is -0.459 e. The summed E-state index contributed by atoms with van der Waals surface area (Å²) in [5, 5.41) is 3.17. The van der Waals surface area contributed by atoms with E-state index in [0.29, 0.717) is 6.54 Å². The minimum absolute atomic E-state index is 0.131.